The molecule has 0 N–H and O–H groups in total. The first-order valence-corrected chi connectivity index (χ1v) is 21.7. The van der Waals surface area contributed by atoms with Gasteiger partial charge in [0.05, 0.1) is 0 Å². The van der Waals surface area contributed by atoms with Crippen molar-refractivity contribution in [3.8, 4) is 0 Å². The number of rotatable bonds is 38. The predicted octanol–water partition coefficient (Wildman–Crippen LogP) is 13.4. The number of carbonyl (C=O) groups is 3. The fourth-order valence-corrected chi connectivity index (χ4v) is 6.40. The third kappa shape index (κ3) is 37.7. The summed E-state index contributed by atoms with van der Waals surface area (Å²) in [6.45, 7) is 11.2. The molecule has 0 fully saturated rings. The molecule has 0 aliphatic rings. The Kier molecular flexibility index (Phi) is 36.0. The third-order valence-corrected chi connectivity index (χ3v) is 9.72. The lowest BCUT2D eigenvalue weighted by Gasteiger charge is -2.18. The first-order valence-electron chi connectivity index (χ1n) is 21.7. The van der Waals surface area contributed by atoms with Crippen LogP contribution in [0, 0.1) is 11.8 Å². The molecule has 6 nitrogen and oxygen atoms in total. The van der Waals surface area contributed by atoms with Crippen molar-refractivity contribution in [3.05, 3.63) is 0 Å². The molecule has 0 rings (SSSR count). The second kappa shape index (κ2) is 37.2. The van der Waals surface area contributed by atoms with E-state index in [4.69, 9.17) is 14.2 Å². The van der Waals surface area contributed by atoms with Crippen LogP contribution in [0.25, 0.3) is 0 Å². The Morgan fingerprint density at radius 3 is 0.980 bits per heavy atom. The van der Waals surface area contributed by atoms with E-state index in [2.05, 4.69) is 34.6 Å². The normalized spacial score (nSPS) is 12.1. The maximum atomic E-state index is 12.7. The molecule has 1 atom stereocenters. The summed E-state index contributed by atoms with van der Waals surface area (Å²) in [5.41, 5.74) is 0. The molecule has 0 aromatic rings. The van der Waals surface area contributed by atoms with Crippen LogP contribution in [0.2, 0.25) is 0 Å². The van der Waals surface area contributed by atoms with Gasteiger partial charge >= 0.3 is 17.9 Å². The lowest BCUT2D eigenvalue weighted by Crippen LogP contribution is -2.30. The summed E-state index contributed by atoms with van der Waals surface area (Å²) in [4.78, 5) is 37.5. The molecule has 0 saturated heterocycles. The summed E-state index contributed by atoms with van der Waals surface area (Å²) in [5, 5.41) is 0. The van der Waals surface area contributed by atoms with Crippen LogP contribution in [0.5, 0.6) is 0 Å². The minimum Gasteiger partial charge on any atom is -0.462 e. The largest absolute Gasteiger partial charge is 0.462 e. The Morgan fingerprint density at radius 1 is 0.380 bits per heavy atom. The molecule has 0 aromatic carbocycles. The van der Waals surface area contributed by atoms with Gasteiger partial charge in [-0.2, -0.15) is 0 Å². The quantitative estimate of drug-likeness (QED) is 0.0361. The van der Waals surface area contributed by atoms with Crippen molar-refractivity contribution in [2.24, 2.45) is 11.8 Å². The molecule has 0 bridgehead atoms. The molecule has 0 radical (unpaired) electrons. The van der Waals surface area contributed by atoms with E-state index in [9.17, 15) is 14.4 Å². The molecule has 50 heavy (non-hydrogen) atoms. The minimum atomic E-state index is -0.759. The molecule has 296 valence electrons. The van der Waals surface area contributed by atoms with E-state index in [0.717, 1.165) is 69.6 Å². The highest BCUT2D eigenvalue weighted by Gasteiger charge is 2.19. The standard InChI is InChI=1S/C44H84O6/c1-6-7-8-9-17-24-29-34-42(45)48-37-41(38-49-43(46)35-30-25-21-16-19-23-28-33-40(4)5)50-44(47)36-31-26-20-15-13-11-10-12-14-18-22-27-32-39(2)3/h39-41H,6-38H2,1-5H3/t41-/m0/s1. The molecule has 0 unspecified atom stereocenters. The van der Waals surface area contributed by atoms with Crippen molar-refractivity contribution >= 4 is 17.9 Å². The fraction of sp³-hybridized carbons (Fsp3) is 0.932. The molecular formula is C44H84O6. The van der Waals surface area contributed by atoms with Gasteiger partial charge in [0.2, 0.25) is 0 Å². The van der Waals surface area contributed by atoms with Gasteiger partial charge in [-0.1, -0.05) is 195 Å². The number of unbranched alkanes of at least 4 members (excludes halogenated alkanes) is 23. The van der Waals surface area contributed by atoms with Gasteiger partial charge in [-0.25, -0.2) is 0 Å². The summed E-state index contributed by atoms with van der Waals surface area (Å²) in [6.07, 6.45) is 33.9. The first kappa shape index (κ1) is 48.4. The summed E-state index contributed by atoms with van der Waals surface area (Å²) < 4.78 is 16.6. The van der Waals surface area contributed by atoms with Crippen molar-refractivity contribution in [1.82, 2.24) is 0 Å². The van der Waals surface area contributed by atoms with Crippen molar-refractivity contribution in [2.75, 3.05) is 13.2 Å². The van der Waals surface area contributed by atoms with Crippen LogP contribution in [0.4, 0.5) is 0 Å². The highest BCUT2D eigenvalue weighted by molar-refractivity contribution is 5.71. The molecular weight excluding hydrogens is 624 g/mol. The molecule has 0 spiro atoms. The van der Waals surface area contributed by atoms with Crippen LogP contribution in [-0.2, 0) is 28.6 Å². The van der Waals surface area contributed by atoms with Gasteiger partial charge in [0.25, 0.3) is 0 Å². The SMILES string of the molecule is CCCCCCCCCC(=O)OC[C@@H](COC(=O)CCCCCCCCCC(C)C)OC(=O)CCCCCCCCCCCCCCC(C)C. The van der Waals surface area contributed by atoms with Crippen LogP contribution in [0.1, 0.15) is 234 Å². The van der Waals surface area contributed by atoms with Gasteiger partial charge in [0.1, 0.15) is 13.2 Å². The molecule has 6 heteroatoms. The van der Waals surface area contributed by atoms with Gasteiger partial charge in [0, 0.05) is 19.3 Å². The highest BCUT2D eigenvalue weighted by Crippen LogP contribution is 2.16. The van der Waals surface area contributed by atoms with Crippen molar-refractivity contribution < 1.29 is 28.6 Å². The Balaban J connectivity index is 4.28. The molecule has 0 saturated carbocycles. The Morgan fingerprint density at radius 2 is 0.660 bits per heavy atom. The number of esters is 3. The molecule has 0 aliphatic carbocycles. The van der Waals surface area contributed by atoms with E-state index in [-0.39, 0.29) is 31.1 Å². The van der Waals surface area contributed by atoms with Crippen molar-refractivity contribution in [2.45, 2.75) is 240 Å². The van der Waals surface area contributed by atoms with E-state index < -0.39 is 6.10 Å². The molecule has 0 aromatic heterocycles. The summed E-state index contributed by atoms with van der Waals surface area (Å²) in [5.74, 6) is 0.745. The lowest BCUT2D eigenvalue weighted by molar-refractivity contribution is -0.167. The lowest BCUT2D eigenvalue weighted by atomic mass is 10.0. The van der Waals surface area contributed by atoms with E-state index >= 15 is 0 Å². The van der Waals surface area contributed by atoms with E-state index in [0.29, 0.717) is 19.3 Å². The van der Waals surface area contributed by atoms with Gasteiger partial charge in [-0.05, 0) is 31.1 Å². The fourth-order valence-electron chi connectivity index (χ4n) is 6.40. The first-order chi connectivity index (χ1) is 24.2. The molecule has 0 heterocycles. The number of carbonyl (C=O) groups excluding carboxylic acids is 3. The van der Waals surface area contributed by atoms with Gasteiger partial charge in [-0.15, -0.1) is 0 Å². The predicted molar refractivity (Wildman–Crippen MR) is 210 cm³/mol. The van der Waals surface area contributed by atoms with Gasteiger partial charge in [-0.3, -0.25) is 14.4 Å². The maximum Gasteiger partial charge on any atom is 0.306 e. The van der Waals surface area contributed by atoms with E-state index in [1.807, 2.05) is 0 Å². The monoisotopic (exact) mass is 709 g/mol. The van der Waals surface area contributed by atoms with Crippen LogP contribution in [-0.4, -0.2) is 37.2 Å². The third-order valence-electron chi connectivity index (χ3n) is 9.72. The summed E-state index contributed by atoms with van der Waals surface area (Å²) in [6, 6.07) is 0. The minimum absolute atomic E-state index is 0.0664. The van der Waals surface area contributed by atoms with Crippen LogP contribution >= 0.6 is 0 Å². The average Bonchev–Trinajstić information content (AvgIpc) is 3.08. The Hall–Kier alpha value is -1.59. The summed E-state index contributed by atoms with van der Waals surface area (Å²) in [7, 11) is 0. The zero-order valence-corrected chi connectivity index (χ0v) is 34.0. The Labute approximate surface area is 310 Å². The maximum absolute atomic E-state index is 12.7. The second-order valence-corrected chi connectivity index (χ2v) is 15.9. The molecule has 0 aliphatic heterocycles. The van der Waals surface area contributed by atoms with Crippen molar-refractivity contribution in [1.29, 1.82) is 0 Å². The van der Waals surface area contributed by atoms with E-state index in [1.165, 1.54) is 122 Å². The van der Waals surface area contributed by atoms with Crippen LogP contribution in [0.3, 0.4) is 0 Å². The second-order valence-electron chi connectivity index (χ2n) is 15.9. The van der Waals surface area contributed by atoms with E-state index in [1.54, 1.807) is 0 Å². The van der Waals surface area contributed by atoms with Gasteiger partial charge in [0.15, 0.2) is 6.10 Å². The highest BCUT2D eigenvalue weighted by atomic mass is 16.6. The number of hydrogen-bond acceptors (Lipinski definition) is 6. The number of hydrogen-bond donors (Lipinski definition) is 0. The topological polar surface area (TPSA) is 78.9 Å². The van der Waals surface area contributed by atoms with Crippen LogP contribution in [0.15, 0.2) is 0 Å². The Bertz CT molecular complexity index is 764. The summed E-state index contributed by atoms with van der Waals surface area (Å²) >= 11 is 0. The smallest absolute Gasteiger partial charge is 0.306 e. The van der Waals surface area contributed by atoms with Gasteiger partial charge < -0.3 is 14.2 Å². The zero-order chi connectivity index (χ0) is 36.9. The number of ether oxygens (including phenoxy) is 3. The average molecular weight is 709 g/mol. The van der Waals surface area contributed by atoms with Crippen LogP contribution < -0.4 is 0 Å². The zero-order valence-electron chi connectivity index (χ0n) is 34.0. The van der Waals surface area contributed by atoms with Crippen molar-refractivity contribution in [3.63, 3.8) is 0 Å². The molecule has 0 amide bonds.